The minimum absolute atomic E-state index is 0.0154. The Morgan fingerprint density at radius 3 is 2.51 bits per heavy atom. The first kappa shape index (κ1) is 25.6. The molecular weight excluding hydrogens is 472 g/mol. The van der Waals surface area contributed by atoms with Gasteiger partial charge in [-0.2, -0.15) is 0 Å². The molecule has 0 aromatic heterocycles. The number of hydrogen-bond donors (Lipinski definition) is 2. The molecule has 37 heavy (non-hydrogen) atoms. The first-order chi connectivity index (χ1) is 17.6. The fourth-order valence-corrected chi connectivity index (χ4v) is 9.66. The monoisotopic (exact) mass is 516 g/mol. The minimum atomic E-state index is -0.953. The number of carbonyl (C=O) groups excluding carboxylic acids is 2. The highest BCUT2D eigenvalue weighted by molar-refractivity contribution is 5.85. The van der Waals surface area contributed by atoms with Crippen LogP contribution in [0.3, 0.4) is 0 Å². The maximum atomic E-state index is 12.8. The number of nitrogens with zero attached hydrogens (tertiary/aromatic N) is 2. The van der Waals surface area contributed by atoms with E-state index in [1.54, 1.807) is 6.08 Å². The molecule has 0 spiro atoms. The Hall–Kier alpha value is -1.64. The highest BCUT2D eigenvalue weighted by Gasteiger charge is 2.70. The maximum Gasteiger partial charge on any atom is 0.410 e. The molecule has 1 amide bonds. The molecule has 206 valence electrons. The molecule has 9 atom stereocenters. The summed E-state index contributed by atoms with van der Waals surface area (Å²) < 4.78 is 11.2. The first-order valence-corrected chi connectivity index (χ1v) is 14.5. The van der Waals surface area contributed by atoms with Gasteiger partial charge in [0, 0.05) is 37.7 Å². The molecule has 5 fully saturated rings. The number of fused-ring (bicyclic) bond motifs is 5. The predicted octanol–water partition coefficient (Wildman–Crippen LogP) is 2.97. The van der Waals surface area contributed by atoms with Gasteiger partial charge in [-0.15, -0.1) is 0 Å². The van der Waals surface area contributed by atoms with E-state index in [4.69, 9.17) is 9.47 Å². The molecule has 0 unspecified atom stereocenters. The average molecular weight is 517 g/mol. The fraction of sp³-hybridized carbons (Fsp3) is 0.862. The lowest BCUT2D eigenvalue weighted by molar-refractivity contribution is -0.245. The van der Waals surface area contributed by atoms with Gasteiger partial charge in [0.1, 0.15) is 12.7 Å². The van der Waals surface area contributed by atoms with E-state index < -0.39 is 17.1 Å². The second kappa shape index (κ2) is 8.95. The number of amides is 1. The lowest BCUT2D eigenvalue weighted by Crippen LogP contribution is -2.67. The lowest BCUT2D eigenvalue weighted by Gasteiger charge is -2.65. The normalized spacial score (nSPS) is 48.0. The molecule has 6 aliphatic rings. The molecule has 0 bridgehead atoms. The molecule has 2 N–H and O–H groups in total. The van der Waals surface area contributed by atoms with Gasteiger partial charge < -0.3 is 29.5 Å². The van der Waals surface area contributed by atoms with Crippen molar-refractivity contribution in [3.05, 3.63) is 11.6 Å². The number of carbonyl (C=O) groups is 2. The van der Waals surface area contributed by atoms with Crippen molar-refractivity contribution < 1.29 is 29.3 Å². The van der Waals surface area contributed by atoms with Gasteiger partial charge in [0.15, 0.2) is 0 Å². The third kappa shape index (κ3) is 3.80. The molecule has 4 aliphatic carbocycles. The summed E-state index contributed by atoms with van der Waals surface area (Å²) in [5.41, 5.74) is -0.678. The number of ether oxygens (including phenoxy) is 2. The quantitative estimate of drug-likeness (QED) is 0.545. The van der Waals surface area contributed by atoms with Crippen LogP contribution in [0.4, 0.5) is 4.79 Å². The Kier molecular flexibility index (Phi) is 6.20. The second-order valence-electron chi connectivity index (χ2n) is 13.4. The molecule has 2 heterocycles. The number of cyclic esters (lactones) is 1. The van der Waals surface area contributed by atoms with Crippen LogP contribution < -0.4 is 0 Å². The van der Waals surface area contributed by atoms with E-state index in [0.29, 0.717) is 18.8 Å². The van der Waals surface area contributed by atoms with E-state index in [9.17, 15) is 19.8 Å². The van der Waals surface area contributed by atoms with Gasteiger partial charge in [-0.05, 0) is 93.1 Å². The maximum absolute atomic E-state index is 12.8. The van der Waals surface area contributed by atoms with Crippen LogP contribution in [-0.2, 0) is 14.3 Å². The largest absolute Gasteiger partial charge is 0.458 e. The van der Waals surface area contributed by atoms with E-state index in [1.165, 1.54) is 0 Å². The molecule has 2 aliphatic heterocycles. The molecule has 0 radical (unpaired) electrons. The molecule has 0 aromatic rings. The molecule has 4 saturated carbocycles. The van der Waals surface area contributed by atoms with Crippen LogP contribution in [-0.4, -0.2) is 89.7 Å². The Balaban J connectivity index is 1.17. The number of aliphatic hydroxyl groups is 2. The zero-order chi connectivity index (χ0) is 26.2. The molecule has 6 rings (SSSR count). The third-order valence-corrected chi connectivity index (χ3v) is 12.1. The fourth-order valence-electron chi connectivity index (χ4n) is 9.66. The van der Waals surface area contributed by atoms with Gasteiger partial charge in [0.05, 0.1) is 11.7 Å². The van der Waals surface area contributed by atoms with E-state index in [1.807, 2.05) is 4.90 Å². The number of hydrogen-bond acceptors (Lipinski definition) is 7. The topological polar surface area (TPSA) is 99.5 Å². The van der Waals surface area contributed by atoms with Crippen molar-refractivity contribution in [2.75, 3.05) is 39.8 Å². The summed E-state index contributed by atoms with van der Waals surface area (Å²) in [5, 5.41) is 24.1. The van der Waals surface area contributed by atoms with E-state index in [-0.39, 0.29) is 47.9 Å². The van der Waals surface area contributed by atoms with Crippen molar-refractivity contribution in [3.8, 4) is 0 Å². The Bertz CT molecular complexity index is 977. The first-order valence-electron chi connectivity index (χ1n) is 14.5. The third-order valence-electron chi connectivity index (χ3n) is 12.1. The SMILES string of the molecule is CN1CCN(C(=O)O[C@H]2CC[C@@]3(C)[C@H](CC[C@@H]4[C@@H]3C[C@@H](O)[C@]3(C)[C@@H](C5=CC(=O)OC5)CC[C@]43O)C2)CC1. The highest BCUT2D eigenvalue weighted by Crippen LogP contribution is 2.70. The number of likely N-dealkylation sites (N-methyl/N-ethyl adjacent to an activating group) is 1. The van der Waals surface area contributed by atoms with Crippen LogP contribution in [0.15, 0.2) is 11.6 Å². The second-order valence-corrected chi connectivity index (χ2v) is 13.4. The van der Waals surface area contributed by atoms with Gasteiger partial charge in [-0.3, -0.25) is 0 Å². The Labute approximate surface area is 220 Å². The van der Waals surface area contributed by atoms with Gasteiger partial charge >= 0.3 is 12.1 Å². The number of aliphatic hydroxyl groups excluding tert-OH is 1. The van der Waals surface area contributed by atoms with Crippen molar-refractivity contribution in [2.45, 2.75) is 83.0 Å². The van der Waals surface area contributed by atoms with Crippen LogP contribution >= 0.6 is 0 Å². The van der Waals surface area contributed by atoms with Crippen LogP contribution in [0.1, 0.15) is 65.2 Å². The molecule has 8 nitrogen and oxygen atoms in total. The predicted molar refractivity (Wildman–Crippen MR) is 136 cm³/mol. The van der Waals surface area contributed by atoms with Crippen molar-refractivity contribution >= 4 is 12.1 Å². The summed E-state index contributed by atoms with van der Waals surface area (Å²) >= 11 is 0. The zero-order valence-corrected chi connectivity index (χ0v) is 22.7. The standard InChI is InChI=1S/C29H44N2O6/c1-27-8-6-20(37-26(34)31-12-10-30(3)11-13-31)15-19(27)4-5-22-23(27)16-24(32)28(2)21(7-9-29(22,28)35)18-14-25(33)36-17-18/h14,19-24,32,35H,4-13,15-17H2,1-3H3/t19-,20+,21-,22-,23+,24-,27+,28+,29+/m1/s1. The summed E-state index contributed by atoms with van der Waals surface area (Å²) in [6.07, 6.45) is 7.47. The molecule has 0 aromatic carbocycles. The number of piperazine rings is 1. The number of rotatable bonds is 2. The summed E-state index contributed by atoms with van der Waals surface area (Å²) in [7, 11) is 2.08. The number of esters is 1. The molecule has 1 saturated heterocycles. The lowest BCUT2D eigenvalue weighted by atomic mass is 9.42. The zero-order valence-electron chi connectivity index (χ0n) is 22.7. The molecular formula is C29H44N2O6. The van der Waals surface area contributed by atoms with E-state index in [0.717, 1.165) is 70.3 Å². The van der Waals surface area contributed by atoms with E-state index >= 15 is 0 Å². The minimum Gasteiger partial charge on any atom is -0.458 e. The van der Waals surface area contributed by atoms with Gasteiger partial charge in [-0.1, -0.05) is 13.8 Å². The smallest absolute Gasteiger partial charge is 0.410 e. The van der Waals surface area contributed by atoms with Crippen LogP contribution in [0, 0.1) is 34.5 Å². The van der Waals surface area contributed by atoms with Crippen LogP contribution in [0.5, 0.6) is 0 Å². The van der Waals surface area contributed by atoms with Crippen molar-refractivity contribution in [1.29, 1.82) is 0 Å². The summed E-state index contributed by atoms with van der Waals surface area (Å²) in [4.78, 5) is 28.7. The van der Waals surface area contributed by atoms with Crippen molar-refractivity contribution in [3.63, 3.8) is 0 Å². The van der Waals surface area contributed by atoms with Gasteiger partial charge in [0.25, 0.3) is 0 Å². The van der Waals surface area contributed by atoms with Crippen LogP contribution in [0.25, 0.3) is 0 Å². The van der Waals surface area contributed by atoms with Crippen molar-refractivity contribution in [1.82, 2.24) is 9.80 Å². The summed E-state index contributed by atoms with van der Waals surface area (Å²) in [6, 6.07) is 0. The Morgan fingerprint density at radius 1 is 1.05 bits per heavy atom. The average Bonchev–Trinajstić information content (AvgIpc) is 3.41. The molecule has 8 heteroatoms. The van der Waals surface area contributed by atoms with E-state index in [2.05, 4.69) is 25.8 Å². The van der Waals surface area contributed by atoms with Crippen molar-refractivity contribution in [2.24, 2.45) is 34.5 Å². The summed E-state index contributed by atoms with van der Waals surface area (Å²) in [6.45, 7) is 7.91. The van der Waals surface area contributed by atoms with Gasteiger partial charge in [0.2, 0.25) is 0 Å². The highest BCUT2D eigenvalue weighted by atomic mass is 16.6. The van der Waals surface area contributed by atoms with Gasteiger partial charge in [-0.25, -0.2) is 9.59 Å². The Morgan fingerprint density at radius 2 is 1.81 bits per heavy atom. The summed E-state index contributed by atoms with van der Waals surface area (Å²) in [5.74, 6) is 0.456. The van der Waals surface area contributed by atoms with Crippen LogP contribution in [0.2, 0.25) is 0 Å².